The number of rotatable bonds is 4. The molecule has 0 radical (unpaired) electrons. The molecule has 19 heavy (non-hydrogen) atoms. The van der Waals surface area contributed by atoms with Crippen molar-refractivity contribution in [2.45, 2.75) is 38.1 Å². The van der Waals surface area contributed by atoms with Gasteiger partial charge in [-0.1, -0.05) is 31.2 Å². The van der Waals surface area contributed by atoms with E-state index in [1.54, 1.807) is 0 Å². The smallest absolute Gasteiger partial charge is 0.253 e. The molecule has 1 atom stereocenters. The number of guanidine groups is 1. The molecule has 0 spiro atoms. The Bertz CT molecular complexity index is 520. The molecule has 100 valence electrons. The highest BCUT2D eigenvalue weighted by Gasteiger charge is 2.31. The van der Waals surface area contributed by atoms with Crippen LogP contribution in [0.5, 0.6) is 0 Å². The van der Waals surface area contributed by atoms with E-state index in [-0.39, 0.29) is 11.9 Å². The molecule has 0 bridgehead atoms. The van der Waals surface area contributed by atoms with Gasteiger partial charge in [0, 0.05) is 6.54 Å². The highest BCUT2D eigenvalue weighted by molar-refractivity contribution is 6.06. The van der Waals surface area contributed by atoms with E-state index < -0.39 is 0 Å². The maximum absolute atomic E-state index is 12.0. The molecule has 2 N–H and O–H groups in total. The summed E-state index contributed by atoms with van der Waals surface area (Å²) < 4.78 is 0. The molecule has 1 aliphatic heterocycles. The summed E-state index contributed by atoms with van der Waals surface area (Å²) >= 11 is 0. The predicted octanol–water partition coefficient (Wildman–Crippen LogP) is 2.09. The number of carbonyl (C=O) groups excluding carboxylic acids is 1. The van der Waals surface area contributed by atoms with Gasteiger partial charge in [0.05, 0.1) is 0 Å². The molecule has 2 aliphatic rings. The number of nitrogens with zero attached hydrogens (tertiary/aromatic N) is 1. The summed E-state index contributed by atoms with van der Waals surface area (Å²) in [4.78, 5) is 16.3. The van der Waals surface area contributed by atoms with E-state index in [0.717, 1.165) is 18.5 Å². The van der Waals surface area contributed by atoms with Crippen molar-refractivity contribution in [2.75, 3.05) is 6.54 Å². The Morgan fingerprint density at radius 1 is 1.32 bits per heavy atom. The van der Waals surface area contributed by atoms with Crippen LogP contribution in [-0.4, -0.2) is 18.4 Å². The summed E-state index contributed by atoms with van der Waals surface area (Å²) in [6.07, 6.45) is 3.52. The minimum atomic E-state index is -0.297. The maximum atomic E-state index is 12.0. The lowest BCUT2D eigenvalue weighted by atomic mass is 10.0. The van der Waals surface area contributed by atoms with E-state index in [2.05, 4.69) is 34.7 Å². The molecule has 0 aromatic heterocycles. The van der Waals surface area contributed by atoms with E-state index in [1.807, 2.05) is 12.1 Å². The monoisotopic (exact) mass is 257 g/mol. The highest BCUT2D eigenvalue weighted by atomic mass is 16.2. The molecule has 4 nitrogen and oxygen atoms in total. The average molecular weight is 257 g/mol. The minimum Gasteiger partial charge on any atom is -0.340 e. The van der Waals surface area contributed by atoms with Crippen molar-refractivity contribution in [1.82, 2.24) is 10.6 Å². The Morgan fingerprint density at radius 2 is 2.11 bits per heavy atom. The van der Waals surface area contributed by atoms with Gasteiger partial charge in [0.1, 0.15) is 6.04 Å². The van der Waals surface area contributed by atoms with Gasteiger partial charge >= 0.3 is 0 Å². The fourth-order valence-electron chi connectivity index (χ4n) is 2.38. The molecule has 1 unspecified atom stereocenters. The lowest BCUT2D eigenvalue weighted by Gasteiger charge is -2.09. The van der Waals surface area contributed by atoms with Crippen LogP contribution in [0.3, 0.4) is 0 Å². The van der Waals surface area contributed by atoms with Crippen molar-refractivity contribution in [3.8, 4) is 0 Å². The number of amides is 1. The first kappa shape index (κ1) is 12.2. The van der Waals surface area contributed by atoms with Crippen LogP contribution in [0.4, 0.5) is 0 Å². The van der Waals surface area contributed by atoms with Crippen LogP contribution in [0.2, 0.25) is 0 Å². The van der Waals surface area contributed by atoms with Gasteiger partial charge in [0.2, 0.25) is 0 Å². The van der Waals surface area contributed by atoms with Gasteiger partial charge in [-0.25, -0.2) is 0 Å². The second kappa shape index (κ2) is 5.03. The zero-order chi connectivity index (χ0) is 13.2. The quantitative estimate of drug-likeness (QED) is 0.867. The number of hydrogen-bond donors (Lipinski definition) is 2. The molecule has 1 aliphatic carbocycles. The van der Waals surface area contributed by atoms with Crippen molar-refractivity contribution in [3.63, 3.8) is 0 Å². The van der Waals surface area contributed by atoms with Gasteiger partial charge in [-0.15, -0.1) is 0 Å². The molecule has 1 heterocycles. The Balaban J connectivity index is 1.78. The first-order valence-corrected chi connectivity index (χ1v) is 6.99. The normalized spacial score (nSPS) is 24.4. The molecular weight excluding hydrogens is 238 g/mol. The molecule has 3 rings (SSSR count). The zero-order valence-electron chi connectivity index (χ0n) is 11.1. The van der Waals surface area contributed by atoms with Crippen LogP contribution >= 0.6 is 0 Å². The second-order valence-corrected chi connectivity index (χ2v) is 5.24. The number of benzene rings is 1. The van der Waals surface area contributed by atoms with Gasteiger partial charge in [0.25, 0.3) is 5.91 Å². The Labute approximate surface area is 113 Å². The van der Waals surface area contributed by atoms with E-state index >= 15 is 0 Å². The van der Waals surface area contributed by atoms with E-state index in [1.165, 1.54) is 18.4 Å². The van der Waals surface area contributed by atoms with Crippen LogP contribution in [0, 0.1) is 0 Å². The van der Waals surface area contributed by atoms with E-state index in [4.69, 9.17) is 0 Å². The van der Waals surface area contributed by atoms with Crippen LogP contribution in [0.15, 0.2) is 29.3 Å². The minimum absolute atomic E-state index is 0.0113. The third-order valence-electron chi connectivity index (χ3n) is 3.57. The number of nitrogens with one attached hydrogen (secondary N) is 2. The topological polar surface area (TPSA) is 53.5 Å². The van der Waals surface area contributed by atoms with Gasteiger partial charge in [-0.2, -0.15) is 0 Å². The first-order valence-electron chi connectivity index (χ1n) is 6.99. The molecule has 1 aromatic rings. The first-order chi connectivity index (χ1) is 9.28. The molecule has 4 heteroatoms. The predicted molar refractivity (Wildman–Crippen MR) is 75.0 cm³/mol. The Morgan fingerprint density at radius 3 is 2.84 bits per heavy atom. The Kier molecular flexibility index (Phi) is 3.23. The molecule has 1 amide bonds. The van der Waals surface area contributed by atoms with Crippen LogP contribution in [-0.2, 0) is 4.79 Å². The van der Waals surface area contributed by atoms with Gasteiger partial charge in [0.15, 0.2) is 5.96 Å². The van der Waals surface area contributed by atoms with Gasteiger partial charge in [-0.05, 0) is 36.3 Å². The van der Waals surface area contributed by atoms with E-state index in [9.17, 15) is 4.79 Å². The fourth-order valence-corrected chi connectivity index (χ4v) is 2.38. The molecule has 1 aromatic carbocycles. The van der Waals surface area contributed by atoms with Crippen LogP contribution < -0.4 is 10.6 Å². The summed E-state index contributed by atoms with van der Waals surface area (Å²) in [5.74, 6) is 1.30. The van der Waals surface area contributed by atoms with Crippen LogP contribution in [0.1, 0.15) is 49.3 Å². The molecule has 1 saturated heterocycles. The number of hydrogen-bond acceptors (Lipinski definition) is 2. The average Bonchev–Trinajstić information content (AvgIpc) is 3.21. The number of carbonyl (C=O) groups is 1. The van der Waals surface area contributed by atoms with Crippen molar-refractivity contribution < 1.29 is 4.79 Å². The summed E-state index contributed by atoms with van der Waals surface area (Å²) in [6, 6.07) is 8.05. The fraction of sp³-hybridized carbons (Fsp3) is 0.467. The molecule has 1 saturated carbocycles. The third kappa shape index (κ3) is 2.62. The molecular formula is C15H19N3O. The SMILES string of the molecule is CCCN=C1NC(=O)C(c2cccc(C3CC3)c2)N1. The summed E-state index contributed by atoms with van der Waals surface area (Å²) in [7, 11) is 0. The summed E-state index contributed by atoms with van der Waals surface area (Å²) in [6.45, 7) is 2.80. The largest absolute Gasteiger partial charge is 0.340 e. The standard InChI is InChI=1S/C15H19N3O/c1-2-8-16-15-17-13(14(19)18-15)12-5-3-4-11(9-12)10-6-7-10/h3-5,9-10,13H,2,6-8H2,1H3,(H2,16,17,18,19). The summed E-state index contributed by atoms with van der Waals surface area (Å²) in [5, 5.41) is 5.97. The Hall–Kier alpha value is -1.84. The van der Waals surface area contributed by atoms with Gasteiger partial charge < -0.3 is 5.32 Å². The lowest BCUT2D eigenvalue weighted by Crippen LogP contribution is -2.25. The highest BCUT2D eigenvalue weighted by Crippen LogP contribution is 2.40. The second-order valence-electron chi connectivity index (χ2n) is 5.24. The summed E-state index contributed by atoms with van der Waals surface area (Å²) in [5.41, 5.74) is 2.38. The van der Waals surface area contributed by atoms with Crippen molar-refractivity contribution in [3.05, 3.63) is 35.4 Å². The van der Waals surface area contributed by atoms with Crippen molar-refractivity contribution >= 4 is 11.9 Å². The van der Waals surface area contributed by atoms with Crippen LogP contribution in [0.25, 0.3) is 0 Å². The lowest BCUT2D eigenvalue weighted by molar-refractivity contribution is -0.120. The van der Waals surface area contributed by atoms with E-state index in [0.29, 0.717) is 11.9 Å². The third-order valence-corrected chi connectivity index (χ3v) is 3.57. The van der Waals surface area contributed by atoms with Gasteiger partial charge in [-0.3, -0.25) is 15.1 Å². The molecule has 2 fully saturated rings. The zero-order valence-corrected chi connectivity index (χ0v) is 11.1. The maximum Gasteiger partial charge on any atom is 0.253 e. The van der Waals surface area contributed by atoms with Crippen molar-refractivity contribution in [1.29, 1.82) is 0 Å². The number of aliphatic imine (C=N–C) groups is 1. The van der Waals surface area contributed by atoms with Crippen molar-refractivity contribution in [2.24, 2.45) is 4.99 Å².